The van der Waals surface area contributed by atoms with E-state index in [-0.39, 0.29) is 0 Å². The van der Waals surface area contributed by atoms with E-state index in [0.29, 0.717) is 0 Å². The van der Waals surface area contributed by atoms with Gasteiger partial charge in [0.2, 0.25) is 0 Å². The minimum atomic E-state index is 0.789. The van der Waals surface area contributed by atoms with Crippen molar-refractivity contribution in [2.45, 2.75) is 26.2 Å². The number of nitrogens with one attached hydrogen (secondary N) is 1. The second-order valence-electron chi connectivity index (χ2n) is 3.74. The number of halogens is 1. The van der Waals surface area contributed by atoms with Crippen LogP contribution in [-0.2, 0) is 0 Å². The number of fused-ring (bicyclic) bond motifs is 1. The van der Waals surface area contributed by atoms with Crippen molar-refractivity contribution in [2.24, 2.45) is 0 Å². The number of benzene rings is 1. The van der Waals surface area contributed by atoms with Gasteiger partial charge in [0, 0.05) is 6.54 Å². The zero-order valence-electron chi connectivity index (χ0n) is 9.29. The van der Waals surface area contributed by atoms with Gasteiger partial charge in [-0.1, -0.05) is 48.8 Å². The Bertz CT molecular complexity index is 467. The van der Waals surface area contributed by atoms with Crippen molar-refractivity contribution in [3.05, 3.63) is 23.2 Å². The van der Waals surface area contributed by atoms with E-state index in [4.69, 9.17) is 11.6 Å². The number of thiazole rings is 1. The molecule has 0 aliphatic carbocycles. The van der Waals surface area contributed by atoms with Crippen LogP contribution in [0.4, 0.5) is 5.13 Å². The summed E-state index contributed by atoms with van der Waals surface area (Å²) >= 11 is 7.72. The van der Waals surface area contributed by atoms with Crippen molar-refractivity contribution in [3.8, 4) is 0 Å². The summed E-state index contributed by atoms with van der Waals surface area (Å²) in [6.07, 6.45) is 3.70. The van der Waals surface area contributed by atoms with Crippen molar-refractivity contribution in [1.29, 1.82) is 0 Å². The molecule has 0 saturated heterocycles. The Hall–Kier alpha value is -0.800. The molecule has 0 amide bonds. The van der Waals surface area contributed by atoms with E-state index >= 15 is 0 Å². The summed E-state index contributed by atoms with van der Waals surface area (Å²) < 4.78 is 1.07. The monoisotopic (exact) mass is 254 g/mol. The fraction of sp³-hybridized carbons (Fsp3) is 0.417. The van der Waals surface area contributed by atoms with Crippen LogP contribution in [0.3, 0.4) is 0 Å². The van der Waals surface area contributed by atoms with Crippen LogP contribution in [0.2, 0.25) is 5.02 Å². The summed E-state index contributed by atoms with van der Waals surface area (Å²) in [7, 11) is 0. The molecule has 2 nitrogen and oxygen atoms in total. The molecule has 0 radical (unpaired) electrons. The average molecular weight is 255 g/mol. The normalized spacial score (nSPS) is 10.9. The van der Waals surface area contributed by atoms with Crippen LogP contribution in [0.25, 0.3) is 10.2 Å². The van der Waals surface area contributed by atoms with Gasteiger partial charge in [-0.3, -0.25) is 0 Å². The molecular weight excluding hydrogens is 240 g/mol. The van der Waals surface area contributed by atoms with Crippen LogP contribution in [-0.4, -0.2) is 11.5 Å². The topological polar surface area (TPSA) is 24.9 Å². The Labute approximate surface area is 105 Å². The molecule has 0 aliphatic rings. The minimum absolute atomic E-state index is 0.789. The quantitative estimate of drug-likeness (QED) is 0.792. The fourth-order valence-electron chi connectivity index (χ4n) is 1.56. The second-order valence-corrected chi connectivity index (χ2v) is 5.15. The molecule has 0 saturated carbocycles. The second kappa shape index (κ2) is 5.51. The first-order chi connectivity index (χ1) is 7.81. The van der Waals surface area contributed by atoms with Crippen LogP contribution < -0.4 is 5.32 Å². The van der Waals surface area contributed by atoms with E-state index < -0.39 is 0 Å². The maximum absolute atomic E-state index is 6.10. The Morgan fingerprint density at radius 3 is 3.00 bits per heavy atom. The van der Waals surface area contributed by atoms with Gasteiger partial charge < -0.3 is 5.32 Å². The predicted molar refractivity (Wildman–Crippen MR) is 72.6 cm³/mol. The molecule has 0 fully saturated rings. The Balaban J connectivity index is 2.05. The van der Waals surface area contributed by atoms with Crippen LogP contribution in [0.15, 0.2) is 18.2 Å². The van der Waals surface area contributed by atoms with Crippen LogP contribution >= 0.6 is 22.9 Å². The fourth-order valence-corrected chi connectivity index (χ4v) is 2.74. The van der Waals surface area contributed by atoms with Gasteiger partial charge in [0.05, 0.1) is 15.2 Å². The first-order valence-electron chi connectivity index (χ1n) is 5.60. The lowest BCUT2D eigenvalue weighted by Crippen LogP contribution is -2.00. The Kier molecular flexibility index (Phi) is 4.02. The highest BCUT2D eigenvalue weighted by molar-refractivity contribution is 7.22. The standard InChI is InChI=1S/C12H15ClN2S/c1-2-3-4-8-14-12-15-10-7-5-6-9(13)11(10)16-12/h5-7H,2-4,8H2,1H3,(H,14,15). The van der Waals surface area contributed by atoms with E-state index in [0.717, 1.165) is 26.9 Å². The summed E-state index contributed by atoms with van der Waals surface area (Å²) in [5, 5.41) is 5.10. The van der Waals surface area contributed by atoms with E-state index in [2.05, 4.69) is 17.2 Å². The van der Waals surface area contributed by atoms with Crippen LogP contribution in [0.1, 0.15) is 26.2 Å². The van der Waals surface area contributed by atoms with Gasteiger partial charge in [-0.15, -0.1) is 0 Å². The molecule has 4 heteroatoms. The summed E-state index contributed by atoms with van der Waals surface area (Å²) in [4.78, 5) is 4.49. The van der Waals surface area contributed by atoms with Crippen molar-refractivity contribution in [2.75, 3.05) is 11.9 Å². The van der Waals surface area contributed by atoms with Gasteiger partial charge in [-0.2, -0.15) is 0 Å². The molecule has 0 atom stereocenters. The summed E-state index contributed by atoms with van der Waals surface area (Å²) in [6, 6.07) is 5.84. The lowest BCUT2D eigenvalue weighted by Gasteiger charge is -1.99. The SMILES string of the molecule is CCCCCNc1nc2cccc(Cl)c2s1. The lowest BCUT2D eigenvalue weighted by atomic mass is 10.2. The number of anilines is 1. The Morgan fingerprint density at radius 1 is 1.38 bits per heavy atom. The highest BCUT2D eigenvalue weighted by atomic mass is 35.5. The third-order valence-corrected chi connectivity index (χ3v) is 3.91. The number of rotatable bonds is 5. The molecule has 0 spiro atoms. The largest absolute Gasteiger partial charge is 0.361 e. The van der Waals surface area contributed by atoms with Crippen molar-refractivity contribution < 1.29 is 0 Å². The highest BCUT2D eigenvalue weighted by Gasteiger charge is 2.05. The van der Waals surface area contributed by atoms with Gasteiger partial charge in [-0.05, 0) is 18.6 Å². The molecule has 1 aromatic heterocycles. The zero-order valence-corrected chi connectivity index (χ0v) is 10.9. The molecule has 2 aromatic rings. The summed E-state index contributed by atoms with van der Waals surface area (Å²) in [6.45, 7) is 3.20. The Morgan fingerprint density at radius 2 is 2.25 bits per heavy atom. The van der Waals surface area contributed by atoms with Crippen LogP contribution in [0.5, 0.6) is 0 Å². The van der Waals surface area contributed by atoms with E-state index in [9.17, 15) is 0 Å². The molecule has 1 aromatic carbocycles. The van der Waals surface area contributed by atoms with Crippen LogP contribution in [0, 0.1) is 0 Å². The lowest BCUT2D eigenvalue weighted by molar-refractivity contribution is 0.743. The van der Waals surface area contributed by atoms with Gasteiger partial charge in [0.1, 0.15) is 0 Å². The average Bonchev–Trinajstić information content (AvgIpc) is 2.69. The maximum atomic E-state index is 6.10. The highest BCUT2D eigenvalue weighted by Crippen LogP contribution is 2.31. The predicted octanol–water partition coefficient (Wildman–Crippen LogP) is 4.55. The molecule has 86 valence electrons. The van der Waals surface area contributed by atoms with E-state index in [1.165, 1.54) is 19.3 Å². The van der Waals surface area contributed by atoms with Gasteiger partial charge in [-0.25, -0.2) is 4.98 Å². The maximum Gasteiger partial charge on any atom is 0.183 e. The number of nitrogens with zero attached hydrogens (tertiary/aromatic N) is 1. The third kappa shape index (κ3) is 2.66. The molecular formula is C12H15ClN2S. The number of hydrogen-bond donors (Lipinski definition) is 1. The van der Waals surface area contributed by atoms with E-state index in [1.807, 2.05) is 18.2 Å². The smallest absolute Gasteiger partial charge is 0.183 e. The zero-order chi connectivity index (χ0) is 11.4. The molecule has 1 N–H and O–H groups in total. The molecule has 0 unspecified atom stereocenters. The number of aromatic nitrogens is 1. The van der Waals surface area contributed by atoms with Gasteiger partial charge in [0.15, 0.2) is 5.13 Å². The van der Waals surface area contributed by atoms with Crippen molar-refractivity contribution >= 4 is 38.3 Å². The minimum Gasteiger partial charge on any atom is -0.361 e. The van der Waals surface area contributed by atoms with Crippen molar-refractivity contribution in [1.82, 2.24) is 4.98 Å². The number of unbranched alkanes of at least 4 members (excludes halogenated alkanes) is 2. The summed E-state index contributed by atoms with van der Waals surface area (Å²) in [5.41, 5.74) is 0.982. The molecule has 16 heavy (non-hydrogen) atoms. The third-order valence-electron chi connectivity index (χ3n) is 2.42. The van der Waals surface area contributed by atoms with Crippen molar-refractivity contribution in [3.63, 3.8) is 0 Å². The first kappa shape index (κ1) is 11.7. The molecule has 0 bridgehead atoms. The molecule has 1 heterocycles. The first-order valence-corrected chi connectivity index (χ1v) is 6.79. The number of hydrogen-bond acceptors (Lipinski definition) is 3. The van der Waals surface area contributed by atoms with Gasteiger partial charge in [0.25, 0.3) is 0 Å². The molecule has 2 rings (SSSR count). The summed E-state index contributed by atoms with van der Waals surface area (Å²) in [5.74, 6) is 0. The van der Waals surface area contributed by atoms with E-state index in [1.54, 1.807) is 11.3 Å². The van der Waals surface area contributed by atoms with Gasteiger partial charge >= 0.3 is 0 Å². The molecule has 0 aliphatic heterocycles.